The van der Waals surface area contributed by atoms with Crippen LogP contribution in [0, 0.1) is 0 Å². The lowest BCUT2D eigenvalue weighted by molar-refractivity contribution is 0.669. The molecule has 3 heterocycles. The molecular weight excluding hydrogens is 673 g/mol. The standard InChI is InChI=1S/C47H28N2OS2/c1-2-10-31(11-3-1)47-48-40-24-26-43-45(46(40)52-47)38-23-21-34(28-44(38)51-43)49(33-22-25-42-39(27-33)37-14-6-7-16-41(37)50-42)32-19-17-30(18-20-32)36-15-8-12-29-9-4-5-13-35(29)36/h1-28H. The molecule has 8 aromatic carbocycles. The van der Waals surface area contributed by atoms with Crippen molar-refractivity contribution in [2.45, 2.75) is 0 Å². The quantitative estimate of drug-likeness (QED) is 0.179. The summed E-state index contributed by atoms with van der Waals surface area (Å²) in [6.45, 7) is 0. The third kappa shape index (κ3) is 4.67. The van der Waals surface area contributed by atoms with Crippen LogP contribution >= 0.6 is 22.7 Å². The summed E-state index contributed by atoms with van der Waals surface area (Å²) in [4.78, 5) is 7.41. The van der Waals surface area contributed by atoms with Gasteiger partial charge in [0.25, 0.3) is 0 Å². The minimum absolute atomic E-state index is 0.889. The minimum atomic E-state index is 0.889. The van der Waals surface area contributed by atoms with Crippen molar-refractivity contribution >= 4 is 103 Å². The summed E-state index contributed by atoms with van der Waals surface area (Å²) in [5.41, 5.74) is 9.70. The van der Waals surface area contributed by atoms with E-state index in [0.717, 1.165) is 55.1 Å². The molecule has 244 valence electrons. The van der Waals surface area contributed by atoms with Crippen LogP contribution in [0.4, 0.5) is 17.1 Å². The Hall–Kier alpha value is -6.27. The van der Waals surface area contributed by atoms with Gasteiger partial charge in [0, 0.05) is 53.6 Å². The van der Waals surface area contributed by atoms with E-state index in [-0.39, 0.29) is 0 Å². The maximum absolute atomic E-state index is 6.23. The summed E-state index contributed by atoms with van der Waals surface area (Å²) in [5.74, 6) is 0. The number of para-hydroxylation sites is 1. The van der Waals surface area contributed by atoms with Gasteiger partial charge in [-0.05, 0) is 82.6 Å². The Kier molecular flexibility index (Phi) is 6.59. The normalized spacial score (nSPS) is 11.8. The molecule has 0 spiro atoms. The molecule has 11 rings (SSSR count). The molecule has 11 aromatic rings. The fourth-order valence-electron chi connectivity index (χ4n) is 7.65. The van der Waals surface area contributed by atoms with Gasteiger partial charge in [-0.1, -0.05) is 109 Å². The molecule has 0 N–H and O–H groups in total. The smallest absolute Gasteiger partial charge is 0.135 e. The molecule has 0 atom stereocenters. The van der Waals surface area contributed by atoms with E-state index in [1.807, 2.05) is 23.5 Å². The number of rotatable bonds is 5. The van der Waals surface area contributed by atoms with E-state index in [2.05, 4.69) is 163 Å². The fourth-order valence-corrected chi connectivity index (χ4v) is 9.99. The second kappa shape index (κ2) is 11.6. The van der Waals surface area contributed by atoms with Crippen molar-refractivity contribution in [1.82, 2.24) is 4.98 Å². The van der Waals surface area contributed by atoms with Gasteiger partial charge in [-0.15, -0.1) is 22.7 Å². The van der Waals surface area contributed by atoms with Gasteiger partial charge < -0.3 is 9.32 Å². The van der Waals surface area contributed by atoms with Crippen molar-refractivity contribution in [1.29, 1.82) is 0 Å². The molecule has 0 radical (unpaired) electrons. The number of furan rings is 1. The second-order valence-electron chi connectivity index (χ2n) is 13.1. The summed E-state index contributed by atoms with van der Waals surface area (Å²) in [6.07, 6.45) is 0. The van der Waals surface area contributed by atoms with Crippen LogP contribution in [0.2, 0.25) is 0 Å². The Bertz CT molecular complexity index is 3130. The highest BCUT2D eigenvalue weighted by Crippen LogP contribution is 2.46. The number of thiazole rings is 1. The van der Waals surface area contributed by atoms with Crippen LogP contribution in [0.3, 0.4) is 0 Å². The van der Waals surface area contributed by atoms with Crippen LogP contribution < -0.4 is 4.90 Å². The van der Waals surface area contributed by atoms with Crippen LogP contribution in [0.1, 0.15) is 0 Å². The number of hydrogen-bond donors (Lipinski definition) is 0. The zero-order valence-corrected chi connectivity index (χ0v) is 29.4. The molecule has 0 unspecified atom stereocenters. The van der Waals surface area contributed by atoms with E-state index >= 15 is 0 Å². The van der Waals surface area contributed by atoms with Gasteiger partial charge in [-0.25, -0.2) is 4.98 Å². The molecule has 52 heavy (non-hydrogen) atoms. The van der Waals surface area contributed by atoms with Gasteiger partial charge >= 0.3 is 0 Å². The first-order chi connectivity index (χ1) is 25.7. The Morgan fingerprint density at radius 3 is 2.10 bits per heavy atom. The summed E-state index contributed by atoms with van der Waals surface area (Å²) < 4.78 is 10.0. The molecule has 0 aliphatic rings. The van der Waals surface area contributed by atoms with Crippen LogP contribution in [0.5, 0.6) is 0 Å². The van der Waals surface area contributed by atoms with Crippen molar-refractivity contribution < 1.29 is 4.42 Å². The Balaban J connectivity index is 1.08. The molecule has 3 nitrogen and oxygen atoms in total. The van der Waals surface area contributed by atoms with Crippen molar-refractivity contribution in [3.05, 3.63) is 170 Å². The highest BCUT2D eigenvalue weighted by molar-refractivity contribution is 7.28. The molecule has 0 aliphatic heterocycles. The molecule has 0 aliphatic carbocycles. The van der Waals surface area contributed by atoms with Gasteiger partial charge in [0.1, 0.15) is 16.2 Å². The topological polar surface area (TPSA) is 29.3 Å². The molecule has 3 aromatic heterocycles. The third-order valence-electron chi connectivity index (χ3n) is 10.1. The van der Waals surface area contributed by atoms with E-state index < -0.39 is 0 Å². The average Bonchev–Trinajstić information content (AvgIpc) is 3.91. The SMILES string of the molecule is c1ccc(-c2nc3ccc4sc5cc(N(c6ccc(-c7cccc8ccccc78)cc6)c6ccc7oc8ccccc8c7c6)ccc5c4c3s2)cc1. The monoisotopic (exact) mass is 700 g/mol. The van der Waals surface area contributed by atoms with Gasteiger partial charge in [0.05, 0.1) is 10.2 Å². The summed E-state index contributed by atoms with van der Waals surface area (Å²) in [7, 11) is 0. The maximum Gasteiger partial charge on any atom is 0.135 e. The van der Waals surface area contributed by atoms with E-state index in [4.69, 9.17) is 9.40 Å². The number of hydrogen-bond acceptors (Lipinski definition) is 5. The number of anilines is 3. The number of thiophene rings is 1. The predicted molar refractivity (Wildman–Crippen MR) is 223 cm³/mol. The predicted octanol–water partition coefficient (Wildman–Crippen LogP) is 14.5. The molecule has 0 bridgehead atoms. The van der Waals surface area contributed by atoms with E-state index in [1.54, 1.807) is 11.3 Å². The number of nitrogens with zero attached hydrogens (tertiary/aromatic N) is 2. The minimum Gasteiger partial charge on any atom is -0.456 e. The zero-order chi connectivity index (χ0) is 34.2. The highest BCUT2D eigenvalue weighted by atomic mass is 32.1. The average molecular weight is 701 g/mol. The Morgan fingerprint density at radius 1 is 0.462 bits per heavy atom. The van der Waals surface area contributed by atoms with Crippen molar-refractivity contribution in [3.8, 4) is 21.7 Å². The molecule has 0 fully saturated rings. The van der Waals surface area contributed by atoms with Crippen LogP contribution in [-0.2, 0) is 0 Å². The molecular formula is C47H28N2OS2. The Labute approximate surface area is 307 Å². The molecule has 0 amide bonds. The van der Waals surface area contributed by atoms with E-state index in [1.165, 1.54) is 46.8 Å². The van der Waals surface area contributed by atoms with Gasteiger partial charge in [-0.3, -0.25) is 0 Å². The largest absolute Gasteiger partial charge is 0.456 e. The molecule has 0 saturated heterocycles. The second-order valence-corrected chi connectivity index (χ2v) is 15.2. The lowest BCUT2D eigenvalue weighted by Gasteiger charge is -2.26. The van der Waals surface area contributed by atoms with Gasteiger partial charge in [0.2, 0.25) is 0 Å². The number of benzene rings is 8. The van der Waals surface area contributed by atoms with Crippen molar-refractivity contribution in [2.24, 2.45) is 0 Å². The summed E-state index contributed by atoms with van der Waals surface area (Å²) in [6, 6.07) is 60.7. The van der Waals surface area contributed by atoms with Crippen molar-refractivity contribution in [3.63, 3.8) is 0 Å². The lowest BCUT2D eigenvalue weighted by atomic mass is 9.98. The van der Waals surface area contributed by atoms with E-state index in [0.29, 0.717) is 0 Å². The maximum atomic E-state index is 6.23. The summed E-state index contributed by atoms with van der Waals surface area (Å²) >= 11 is 3.63. The highest BCUT2D eigenvalue weighted by Gasteiger charge is 2.19. The summed E-state index contributed by atoms with van der Waals surface area (Å²) in [5, 5.41) is 8.34. The number of aromatic nitrogens is 1. The fraction of sp³-hybridized carbons (Fsp3) is 0. The van der Waals surface area contributed by atoms with Crippen LogP contribution in [0.25, 0.3) is 84.8 Å². The van der Waals surface area contributed by atoms with E-state index in [9.17, 15) is 0 Å². The van der Waals surface area contributed by atoms with Crippen LogP contribution in [-0.4, -0.2) is 4.98 Å². The van der Waals surface area contributed by atoms with Gasteiger partial charge in [0.15, 0.2) is 0 Å². The zero-order valence-electron chi connectivity index (χ0n) is 27.8. The first kappa shape index (κ1) is 29.5. The Morgan fingerprint density at radius 2 is 1.19 bits per heavy atom. The molecule has 0 saturated carbocycles. The first-order valence-corrected chi connectivity index (χ1v) is 19.0. The van der Waals surface area contributed by atoms with Crippen LogP contribution in [0.15, 0.2) is 174 Å². The number of fused-ring (bicyclic) bond motifs is 9. The molecule has 5 heteroatoms. The first-order valence-electron chi connectivity index (χ1n) is 17.4. The third-order valence-corrected chi connectivity index (χ3v) is 12.4. The van der Waals surface area contributed by atoms with Crippen molar-refractivity contribution in [2.75, 3.05) is 4.90 Å². The van der Waals surface area contributed by atoms with Gasteiger partial charge in [-0.2, -0.15) is 0 Å². The lowest BCUT2D eigenvalue weighted by Crippen LogP contribution is -2.09.